The zero-order valence-electron chi connectivity index (χ0n) is 12.2. The minimum absolute atomic E-state index is 0.372. The zero-order valence-corrected chi connectivity index (χ0v) is 14.4. The molecule has 4 heterocycles. The van der Waals surface area contributed by atoms with E-state index in [4.69, 9.17) is 9.97 Å². The van der Waals surface area contributed by atoms with Crippen molar-refractivity contribution in [3.05, 3.63) is 15.1 Å². The lowest BCUT2D eigenvalue weighted by Gasteiger charge is -2.46. The maximum Gasteiger partial charge on any atom is 0.149 e. The van der Waals surface area contributed by atoms with Crippen LogP contribution in [0.15, 0.2) is 0 Å². The molecule has 5 nitrogen and oxygen atoms in total. The maximum absolute atomic E-state index is 4.89. The molecule has 0 amide bonds. The Balaban J connectivity index is 1.94. The Bertz CT molecular complexity index is 485. The third-order valence-electron chi connectivity index (χ3n) is 4.24. The van der Waals surface area contributed by atoms with Crippen LogP contribution in [0.2, 0.25) is 0 Å². The molecule has 3 saturated heterocycles. The number of fused-ring (bicyclic) bond motifs is 3. The van der Waals surface area contributed by atoms with Gasteiger partial charge >= 0.3 is 0 Å². The van der Waals surface area contributed by atoms with Gasteiger partial charge in [0.25, 0.3) is 0 Å². The van der Waals surface area contributed by atoms with Crippen molar-refractivity contribution in [2.24, 2.45) is 0 Å². The Kier molecular flexibility index (Phi) is 4.42. The van der Waals surface area contributed by atoms with Gasteiger partial charge in [-0.1, -0.05) is 13.3 Å². The summed E-state index contributed by atoms with van der Waals surface area (Å²) in [6.45, 7) is 7.98. The van der Waals surface area contributed by atoms with Gasteiger partial charge in [-0.2, -0.15) is 0 Å². The Morgan fingerprint density at radius 2 is 2.00 bits per heavy atom. The number of piperazine rings is 3. The lowest BCUT2D eigenvalue weighted by atomic mass is 10.1. The van der Waals surface area contributed by atoms with Crippen molar-refractivity contribution >= 4 is 28.4 Å². The van der Waals surface area contributed by atoms with Crippen LogP contribution in [0.4, 0.5) is 5.82 Å². The molecule has 0 radical (unpaired) electrons. The van der Waals surface area contributed by atoms with E-state index in [2.05, 4.69) is 44.6 Å². The summed E-state index contributed by atoms with van der Waals surface area (Å²) in [4.78, 5) is 14.7. The van der Waals surface area contributed by atoms with Crippen LogP contribution in [-0.2, 0) is 6.42 Å². The van der Waals surface area contributed by atoms with Gasteiger partial charge in [-0.15, -0.1) is 0 Å². The molecule has 6 heteroatoms. The molecule has 1 atom stereocenters. The van der Waals surface area contributed by atoms with E-state index in [-0.39, 0.29) is 0 Å². The fourth-order valence-electron chi connectivity index (χ4n) is 3.09. The summed E-state index contributed by atoms with van der Waals surface area (Å²) in [5.74, 6) is 1.99. The van der Waals surface area contributed by atoms with Crippen molar-refractivity contribution < 1.29 is 0 Å². The number of nitrogens with zero attached hydrogens (tertiary/aromatic N) is 4. The van der Waals surface area contributed by atoms with Gasteiger partial charge in [0, 0.05) is 39.8 Å². The first-order valence-corrected chi connectivity index (χ1v) is 8.51. The molecule has 0 saturated carbocycles. The van der Waals surface area contributed by atoms with Crippen LogP contribution in [0.5, 0.6) is 0 Å². The van der Waals surface area contributed by atoms with E-state index in [1.807, 2.05) is 7.05 Å². The topological polar surface area (TPSA) is 44.3 Å². The van der Waals surface area contributed by atoms with E-state index >= 15 is 0 Å². The van der Waals surface area contributed by atoms with Gasteiger partial charge in [-0.25, -0.2) is 9.97 Å². The summed E-state index contributed by atoms with van der Waals surface area (Å²) < 4.78 is 1.17. The Morgan fingerprint density at radius 3 is 2.55 bits per heavy atom. The fourth-order valence-corrected chi connectivity index (χ4v) is 3.87. The second-order valence-corrected chi connectivity index (χ2v) is 6.62. The minimum atomic E-state index is 0.372. The van der Waals surface area contributed by atoms with Crippen molar-refractivity contribution in [2.45, 2.75) is 25.8 Å². The highest BCUT2D eigenvalue weighted by molar-refractivity contribution is 14.1. The van der Waals surface area contributed by atoms with E-state index in [0.29, 0.717) is 6.04 Å². The van der Waals surface area contributed by atoms with Crippen LogP contribution >= 0.6 is 22.6 Å². The normalized spacial score (nSPS) is 28.6. The minimum Gasteiger partial charge on any atom is -0.372 e. The highest BCUT2D eigenvalue weighted by atomic mass is 127. The summed E-state index contributed by atoms with van der Waals surface area (Å²) in [6, 6.07) is 0.372. The molecule has 2 bridgehead atoms. The average molecular weight is 387 g/mol. The average Bonchev–Trinajstić information content (AvgIpc) is 2.50. The third-order valence-corrected chi connectivity index (χ3v) is 5.37. The lowest BCUT2D eigenvalue weighted by Crippen LogP contribution is -2.57. The van der Waals surface area contributed by atoms with Crippen LogP contribution < -0.4 is 5.32 Å². The molecule has 1 unspecified atom stereocenters. The van der Waals surface area contributed by atoms with Crippen LogP contribution in [0.25, 0.3) is 0 Å². The number of rotatable bonds is 4. The summed E-state index contributed by atoms with van der Waals surface area (Å²) in [7, 11) is 1.95. The van der Waals surface area contributed by atoms with Gasteiger partial charge in [0.05, 0.1) is 15.3 Å². The largest absolute Gasteiger partial charge is 0.372 e. The van der Waals surface area contributed by atoms with Crippen LogP contribution in [-0.4, -0.2) is 59.5 Å². The molecule has 0 aromatic carbocycles. The SMILES string of the molecule is CCCc1nc(C2CN3CCN2CC3)nc(NC)c1I. The molecule has 1 aromatic rings. The molecule has 20 heavy (non-hydrogen) atoms. The molecule has 3 fully saturated rings. The van der Waals surface area contributed by atoms with E-state index < -0.39 is 0 Å². The van der Waals surface area contributed by atoms with E-state index in [0.717, 1.165) is 44.1 Å². The Hall–Kier alpha value is -0.470. The van der Waals surface area contributed by atoms with Crippen molar-refractivity contribution in [1.29, 1.82) is 0 Å². The summed E-state index contributed by atoms with van der Waals surface area (Å²) in [5, 5.41) is 3.23. The number of nitrogens with one attached hydrogen (secondary N) is 1. The molecule has 3 aliphatic heterocycles. The Morgan fingerprint density at radius 1 is 1.25 bits per heavy atom. The number of hydrogen-bond donors (Lipinski definition) is 1. The van der Waals surface area contributed by atoms with Gasteiger partial charge in [0.1, 0.15) is 11.6 Å². The van der Waals surface area contributed by atoms with Gasteiger partial charge in [-0.05, 0) is 29.0 Å². The second-order valence-electron chi connectivity index (χ2n) is 5.54. The molecular formula is C14H22IN5. The van der Waals surface area contributed by atoms with Crippen molar-refractivity contribution in [3.8, 4) is 0 Å². The number of aryl methyl sites for hydroxylation is 1. The highest BCUT2D eigenvalue weighted by Crippen LogP contribution is 2.29. The van der Waals surface area contributed by atoms with E-state index in [9.17, 15) is 0 Å². The first kappa shape index (κ1) is 14.5. The summed E-state index contributed by atoms with van der Waals surface area (Å²) in [5.41, 5.74) is 1.19. The van der Waals surface area contributed by atoms with Gasteiger partial charge in [-0.3, -0.25) is 9.80 Å². The van der Waals surface area contributed by atoms with Crippen molar-refractivity contribution in [3.63, 3.8) is 0 Å². The Labute approximate surface area is 134 Å². The van der Waals surface area contributed by atoms with E-state index in [1.54, 1.807) is 0 Å². The molecule has 4 rings (SSSR count). The number of aromatic nitrogens is 2. The van der Waals surface area contributed by atoms with Crippen LogP contribution in [0.3, 0.4) is 0 Å². The van der Waals surface area contributed by atoms with Crippen molar-refractivity contribution in [1.82, 2.24) is 19.8 Å². The summed E-state index contributed by atoms with van der Waals surface area (Å²) in [6.07, 6.45) is 2.15. The number of anilines is 1. The lowest BCUT2D eigenvalue weighted by molar-refractivity contribution is 0.00860. The predicted molar refractivity (Wildman–Crippen MR) is 89.0 cm³/mol. The fraction of sp³-hybridized carbons (Fsp3) is 0.714. The molecule has 1 N–H and O–H groups in total. The van der Waals surface area contributed by atoms with E-state index in [1.165, 1.54) is 22.4 Å². The zero-order chi connectivity index (χ0) is 14.1. The first-order valence-electron chi connectivity index (χ1n) is 7.43. The quantitative estimate of drug-likeness (QED) is 0.798. The summed E-state index contributed by atoms with van der Waals surface area (Å²) >= 11 is 2.36. The smallest absolute Gasteiger partial charge is 0.149 e. The molecule has 3 aliphatic rings. The standard InChI is InChI=1S/C14H22IN5/c1-3-4-10-12(15)14(16-2)18-13(17-10)11-9-19-5-7-20(11)8-6-19/h11H,3-9H2,1-2H3,(H,16,17,18). The molecule has 110 valence electrons. The maximum atomic E-state index is 4.89. The monoisotopic (exact) mass is 387 g/mol. The molecule has 0 spiro atoms. The first-order chi connectivity index (χ1) is 9.72. The van der Waals surface area contributed by atoms with Crippen molar-refractivity contribution in [2.75, 3.05) is 45.1 Å². The highest BCUT2D eigenvalue weighted by Gasteiger charge is 2.35. The third kappa shape index (κ3) is 2.65. The van der Waals surface area contributed by atoms with Crippen LogP contribution in [0, 0.1) is 3.57 Å². The van der Waals surface area contributed by atoms with Gasteiger partial charge < -0.3 is 5.32 Å². The van der Waals surface area contributed by atoms with Gasteiger partial charge in [0.15, 0.2) is 0 Å². The predicted octanol–water partition coefficient (Wildman–Crippen LogP) is 1.75. The molecule has 0 aliphatic carbocycles. The molecule has 1 aromatic heterocycles. The second kappa shape index (κ2) is 6.11. The van der Waals surface area contributed by atoms with Crippen LogP contribution in [0.1, 0.15) is 30.9 Å². The number of hydrogen-bond acceptors (Lipinski definition) is 5. The molecular weight excluding hydrogens is 365 g/mol. The number of halogens is 1. The van der Waals surface area contributed by atoms with Gasteiger partial charge in [0.2, 0.25) is 0 Å².